The first-order valence-corrected chi connectivity index (χ1v) is 22.3. The van der Waals surface area contributed by atoms with Gasteiger partial charge in [0, 0.05) is 35.1 Å². The minimum Gasteiger partial charge on any atom is -0.477 e. The lowest BCUT2D eigenvalue weighted by molar-refractivity contribution is -0.150. The van der Waals surface area contributed by atoms with Gasteiger partial charge < -0.3 is 36.3 Å². The molecule has 30 heteroatoms. The molecule has 0 aliphatic carbocycles. The zero-order chi connectivity index (χ0) is 44.6. The molecule has 3 aromatic heterocycles. The number of aliphatic carboxylic acids is 1. The van der Waals surface area contributed by atoms with E-state index in [2.05, 4.69) is 46.3 Å². The third-order valence-corrected chi connectivity index (χ3v) is 14.4. The minimum absolute atomic E-state index is 0.0176. The number of fused-ring (bicyclic) bond motifs is 2. The van der Waals surface area contributed by atoms with Crippen molar-refractivity contribution >= 4 is 115 Å². The second kappa shape index (κ2) is 18.1. The van der Waals surface area contributed by atoms with E-state index in [0.29, 0.717) is 5.57 Å². The number of thioether (sulfide) groups is 3. The molecule has 0 radical (unpaired) electrons. The second-order valence-electron chi connectivity index (χ2n) is 12.9. The Hall–Kier alpha value is -6.08. The van der Waals surface area contributed by atoms with Crippen LogP contribution in [0.5, 0.6) is 0 Å². The number of aryl methyl sites for hydroxylation is 1. The summed E-state index contributed by atoms with van der Waals surface area (Å²) in [6.07, 6.45) is 0. The smallest absolute Gasteiger partial charge is 0.352 e. The highest BCUT2D eigenvalue weighted by Crippen LogP contribution is 2.42. The van der Waals surface area contributed by atoms with Crippen molar-refractivity contribution in [2.24, 2.45) is 17.4 Å². The Morgan fingerprint density at radius 1 is 0.887 bits per heavy atom. The lowest BCUT2D eigenvalue weighted by Gasteiger charge is -2.49. The number of thiazole rings is 2. The summed E-state index contributed by atoms with van der Waals surface area (Å²) in [6.45, 7) is -0.565. The standard InChI is InChI=1S/C32H31N13O12S5/c1-43-32(39-23(50)24(51)40-43)62-7-11-6-59-28-17(26(53)45(28)19(11)29(54)55)37-21(48)15(42-57-3)13-9-61-31(35-13)38-22(49)18-10(4-46)5-58-27-16(25(52)44(18)27)36-20(47)14(41-56-2)12-8-60-30(33)34-12/h8-9,16-17,27-28,46H,4-7H2,1-3H3,(H2,33,34)(H,36,47)(H,37,48)(H,40,51)(H,54,55)(H,35,38,49)/b41-14-,42-15-/t16-,17-,27-,28-/m1/s1. The number of hydrogen-bond donors (Lipinski definition) is 7. The number of aliphatic hydroxyl groups is 1. The number of amides is 5. The molecule has 2 saturated heterocycles. The van der Waals surface area contributed by atoms with Crippen molar-refractivity contribution in [1.82, 2.24) is 45.2 Å². The molecule has 5 amide bonds. The molecular formula is C32H31N13O12S5. The number of aromatic amines is 1. The molecule has 2 fully saturated rings. The molecule has 7 rings (SSSR count). The van der Waals surface area contributed by atoms with Crippen molar-refractivity contribution in [1.29, 1.82) is 0 Å². The van der Waals surface area contributed by atoms with Crippen molar-refractivity contribution in [3.05, 3.63) is 65.4 Å². The van der Waals surface area contributed by atoms with Crippen LogP contribution in [0.3, 0.4) is 0 Å². The van der Waals surface area contributed by atoms with E-state index in [9.17, 15) is 48.6 Å². The van der Waals surface area contributed by atoms with Crippen LogP contribution in [0.4, 0.5) is 10.3 Å². The van der Waals surface area contributed by atoms with Gasteiger partial charge in [0.2, 0.25) is 0 Å². The predicted molar refractivity (Wildman–Crippen MR) is 224 cm³/mol. The highest BCUT2D eigenvalue weighted by molar-refractivity contribution is 8.01. The fraction of sp³-hybridized carbons (Fsp3) is 0.344. The first kappa shape index (κ1) is 44.0. The summed E-state index contributed by atoms with van der Waals surface area (Å²) in [5, 5.41) is 39.3. The normalized spacial score (nSPS) is 21.1. The average Bonchev–Trinajstić information content (AvgIpc) is 3.90. The maximum absolute atomic E-state index is 13.7. The molecule has 0 spiro atoms. The van der Waals surface area contributed by atoms with Gasteiger partial charge in [-0.2, -0.15) is 4.98 Å². The zero-order valence-electron chi connectivity index (χ0n) is 32.0. The Morgan fingerprint density at radius 2 is 1.45 bits per heavy atom. The molecule has 3 aromatic rings. The molecule has 0 saturated carbocycles. The Morgan fingerprint density at radius 3 is 2.00 bits per heavy atom. The van der Waals surface area contributed by atoms with Crippen LogP contribution < -0.4 is 32.8 Å². The van der Waals surface area contributed by atoms with Crippen LogP contribution in [0.2, 0.25) is 0 Å². The number of anilines is 2. The first-order valence-electron chi connectivity index (χ1n) is 17.5. The lowest BCUT2D eigenvalue weighted by Crippen LogP contribution is -2.71. The van der Waals surface area contributed by atoms with Crippen LogP contribution in [0.1, 0.15) is 11.4 Å². The second-order valence-corrected chi connectivity index (χ2v) is 17.8. The van der Waals surface area contributed by atoms with E-state index in [0.717, 1.165) is 44.2 Å². The summed E-state index contributed by atoms with van der Waals surface area (Å²) in [5.41, 5.74) is 3.33. The fourth-order valence-corrected chi connectivity index (χ4v) is 11.3. The molecule has 0 bridgehead atoms. The molecule has 0 unspecified atom stereocenters. The predicted octanol–water partition coefficient (Wildman–Crippen LogP) is -2.52. The van der Waals surface area contributed by atoms with E-state index in [1.807, 2.05) is 0 Å². The van der Waals surface area contributed by atoms with Crippen LogP contribution >= 0.6 is 58.0 Å². The number of oxime groups is 2. The topological polar surface area (TPSA) is 348 Å². The number of rotatable bonds is 15. The summed E-state index contributed by atoms with van der Waals surface area (Å²) in [4.78, 5) is 127. The number of nitrogen functional groups attached to an aromatic ring is 1. The van der Waals surface area contributed by atoms with Gasteiger partial charge in [-0.15, -0.1) is 46.2 Å². The molecule has 25 nitrogen and oxygen atoms in total. The number of aliphatic hydroxyl groups excluding tert-OH is 1. The van der Waals surface area contributed by atoms with Crippen LogP contribution in [0, 0.1) is 0 Å². The number of nitrogens with zero attached hydrogens (tertiary/aromatic N) is 8. The Bertz CT molecular complexity index is 2650. The maximum atomic E-state index is 13.7. The monoisotopic (exact) mass is 949 g/mol. The molecule has 326 valence electrons. The SMILES string of the molecule is CO/N=C(\C(=O)N[C@@H]1C(=O)N2C(C(=O)O)=C(CSc3nc(=O)c(=O)[nH]n3C)CS[C@H]12)c1csc(NC(=O)C2=C(CO)CS[C@@H]3[C@H](NC(=O)/C(=N\OC)c4csc(N)n4)C(=O)N23)n1. The fourth-order valence-electron chi connectivity index (χ4n) is 6.36. The number of H-pyrrole nitrogens is 1. The van der Waals surface area contributed by atoms with Gasteiger partial charge in [0.15, 0.2) is 26.8 Å². The number of carboxylic acid groups (broad SMARTS) is 1. The maximum Gasteiger partial charge on any atom is 0.352 e. The third kappa shape index (κ3) is 8.30. The summed E-state index contributed by atoms with van der Waals surface area (Å²) < 4.78 is 1.22. The lowest BCUT2D eigenvalue weighted by atomic mass is 10.0. The van der Waals surface area contributed by atoms with Gasteiger partial charge in [0.1, 0.15) is 59.8 Å². The third-order valence-electron chi connectivity index (χ3n) is 9.13. The molecule has 7 heterocycles. The van der Waals surface area contributed by atoms with Crippen LogP contribution in [-0.2, 0) is 45.5 Å². The highest BCUT2D eigenvalue weighted by Gasteiger charge is 2.56. The van der Waals surface area contributed by atoms with Crippen molar-refractivity contribution in [2.45, 2.75) is 28.0 Å². The summed E-state index contributed by atoms with van der Waals surface area (Å²) in [7, 11) is 3.85. The van der Waals surface area contributed by atoms with Crippen molar-refractivity contribution < 1.29 is 48.7 Å². The number of carbonyl (C=O) groups excluding carboxylic acids is 5. The van der Waals surface area contributed by atoms with Crippen LogP contribution in [0.25, 0.3) is 0 Å². The van der Waals surface area contributed by atoms with E-state index in [-0.39, 0.29) is 72.5 Å². The quantitative estimate of drug-likeness (QED) is 0.0272. The number of β-lactam (4-membered cyclic amide) rings is 2. The van der Waals surface area contributed by atoms with Gasteiger partial charge in [-0.3, -0.25) is 58.5 Å². The van der Waals surface area contributed by atoms with E-state index in [1.165, 1.54) is 60.2 Å². The van der Waals surface area contributed by atoms with Gasteiger partial charge in [-0.25, -0.2) is 14.8 Å². The highest BCUT2D eigenvalue weighted by atomic mass is 32.2. The number of carbonyl (C=O) groups is 6. The Labute approximate surface area is 367 Å². The minimum atomic E-state index is -1.39. The summed E-state index contributed by atoms with van der Waals surface area (Å²) in [6, 6.07) is -2.25. The Balaban J connectivity index is 1.00. The van der Waals surface area contributed by atoms with Gasteiger partial charge in [0.05, 0.1) is 6.61 Å². The molecule has 62 heavy (non-hydrogen) atoms. The first-order chi connectivity index (χ1) is 29.7. The molecular weight excluding hydrogens is 919 g/mol. The molecule has 4 atom stereocenters. The summed E-state index contributed by atoms with van der Waals surface area (Å²) in [5.74, 6) is -4.97. The number of hydrogen-bond acceptors (Lipinski definition) is 22. The van der Waals surface area contributed by atoms with Gasteiger partial charge in [-0.1, -0.05) is 22.1 Å². The summed E-state index contributed by atoms with van der Waals surface area (Å²) >= 11 is 5.34. The molecule has 4 aliphatic rings. The number of carboxylic acids is 1. The van der Waals surface area contributed by atoms with Crippen LogP contribution in [-0.4, -0.2) is 153 Å². The van der Waals surface area contributed by atoms with Crippen LogP contribution in [0.15, 0.2) is 58.4 Å². The largest absolute Gasteiger partial charge is 0.477 e. The van der Waals surface area contributed by atoms with E-state index in [4.69, 9.17) is 15.4 Å². The van der Waals surface area contributed by atoms with E-state index >= 15 is 0 Å². The average molecular weight is 950 g/mol. The molecule has 4 aliphatic heterocycles. The number of nitrogens with two attached hydrogens (primary N) is 1. The zero-order valence-corrected chi connectivity index (χ0v) is 36.0. The van der Waals surface area contributed by atoms with Crippen molar-refractivity contribution in [3.63, 3.8) is 0 Å². The van der Waals surface area contributed by atoms with Gasteiger partial charge >= 0.3 is 17.1 Å². The van der Waals surface area contributed by atoms with Gasteiger partial charge in [-0.05, 0) is 11.1 Å². The van der Waals surface area contributed by atoms with E-state index < -0.39 is 76.1 Å². The van der Waals surface area contributed by atoms with Crippen molar-refractivity contribution in [3.8, 4) is 0 Å². The Kier molecular flexibility index (Phi) is 12.8. The number of aromatic nitrogens is 5. The van der Waals surface area contributed by atoms with E-state index in [1.54, 1.807) is 0 Å². The van der Waals surface area contributed by atoms with Crippen molar-refractivity contribution in [2.75, 3.05) is 49.1 Å². The molecule has 8 N–H and O–H groups in total. The number of nitrogens with one attached hydrogen (secondary N) is 4. The molecule has 0 aromatic carbocycles. The van der Waals surface area contributed by atoms with Gasteiger partial charge in [0.25, 0.3) is 29.5 Å².